The normalized spacial score (nSPS) is 16.2. The van der Waals surface area contributed by atoms with Crippen molar-refractivity contribution in [3.63, 3.8) is 0 Å². The second-order valence-electron chi connectivity index (χ2n) is 9.38. The molecule has 4 rings (SSSR count). The van der Waals surface area contributed by atoms with Crippen molar-refractivity contribution < 1.29 is 17.9 Å². The van der Waals surface area contributed by atoms with Crippen molar-refractivity contribution in [2.45, 2.75) is 64.4 Å². The Morgan fingerprint density at radius 2 is 1.75 bits per heavy atom. The van der Waals surface area contributed by atoms with Crippen molar-refractivity contribution in [3.8, 4) is 0 Å². The van der Waals surface area contributed by atoms with Gasteiger partial charge in [0.1, 0.15) is 0 Å². The number of amides is 1. The molecule has 0 saturated carbocycles. The molecular weight excluding hydrogens is 494 g/mol. The average Bonchev–Trinajstić information content (AvgIpc) is 3.52. The summed E-state index contributed by atoms with van der Waals surface area (Å²) < 4.78 is 34.7. The van der Waals surface area contributed by atoms with Gasteiger partial charge in [0.05, 0.1) is 27.8 Å². The SMILES string of the molecule is CCCN(CCC)S(=O)(=O)c1ccc(C(=O)N(CC2CCCO2)c2nc3cc(C)c(C)cc3s2)cc1. The van der Waals surface area contributed by atoms with E-state index in [-0.39, 0.29) is 16.9 Å². The van der Waals surface area contributed by atoms with E-state index in [0.29, 0.717) is 36.9 Å². The van der Waals surface area contributed by atoms with Crippen LogP contribution in [0, 0.1) is 13.8 Å². The number of hydrogen-bond acceptors (Lipinski definition) is 6. The fraction of sp³-hybridized carbons (Fsp3) is 0.481. The fourth-order valence-electron chi connectivity index (χ4n) is 4.45. The predicted octanol–water partition coefficient (Wildman–Crippen LogP) is 5.55. The van der Waals surface area contributed by atoms with Gasteiger partial charge in [-0.05, 0) is 87.1 Å². The molecule has 0 N–H and O–H groups in total. The quantitative estimate of drug-likeness (QED) is 0.344. The van der Waals surface area contributed by atoms with Gasteiger partial charge in [0.2, 0.25) is 10.0 Å². The molecule has 7 nitrogen and oxygen atoms in total. The van der Waals surface area contributed by atoms with Crippen LogP contribution in [0.2, 0.25) is 0 Å². The van der Waals surface area contributed by atoms with E-state index in [1.54, 1.807) is 17.0 Å². The van der Waals surface area contributed by atoms with E-state index >= 15 is 0 Å². The highest BCUT2D eigenvalue weighted by Gasteiger charge is 2.28. The van der Waals surface area contributed by atoms with Crippen molar-refractivity contribution >= 4 is 42.6 Å². The first kappa shape index (κ1) is 26.7. The minimum Gasteiger partial charge on any atom is -0.376 e. The number of anilines is 1. The van der Waals surface area contributed by atoms with E-state index < -0.39 is 10.0 Å². The minimum absolute atomic E-state index is 0.0410. The van der Waals surface area contributed by atoms with Crippen molar-refractivity contribution in [1.29, 1.82) is 0 Å². The molecular formula is C27H35N3O4S2. The lowest BCUT2D eigenvalue weighted by molar-refractivity contribution is 0.0917. The van der Waals surface area contributed by atoms with Crippen LogP contribution < -0.4 is 4.90 Å². The summed E-state index contributed by atoms with van der Waals surface area (Å²) >= 11 is 1.49. The van der Waals surface area contributed by atoms with Crippen LogP contribution in [0.5, 0.6) is 0 Å². The second kappa shape index (κ2) is 11.4. The maximum atomic E-state index is 13.7. The first-order valence-electron chi connectivity index (χ1n) is 12.7. The third-order valence-corrected chi connectivity index (χ3v) is 9.52. The molecule has 1 unspecified atom stereocenters. The maximum absolute atomic E-state index is 13.7. The molecule has 1 atom stereocenters. The highest BCUT2D eigenvalue weighted by Crippen LogP contribution is 2.32. The third-order valence-electron chi connectivity index (χ3n) is 6.56. The van der Waals surface area contributed by atoms with Crippen molar-refractivity contribution in [3.05, 3.63) is 53.1 Å². The first-order chi connectivity index (χ1) is 17.2. The number of carbonyl (C=O) groups is 1. The first-order valence-corrected chi connectivity index (χ1v) is 14.9. The molecule has 0 spiro atoms. The van der Waals surface area contributed by atoms with Gasteiger partial charge in [-0.3, -0.25) is 9.69 Å². The summed E-state index contributed by atoms with van der Waals surface area (Å²) in [5.41, 5.74) is 3.65. The van der Waals surface area contributed by atoms with Crippen LogP contribution in [-0.2, 0) is 14.8 Å². The highest BCUT2D eigenvalue weighted by molar-refractivity contribution is 7.89. The number of aromatic nitrogens is 1. The Hall–Kier alpha value is -2.33. The topological polar surface area (TPSA) is 79.8 Å². The molecule has 194 valence electrons. The lowest BCUT2D eigenvalue weighted by atomic mass is 10.1. The van der Waals surface area contributed by atoms with E-state index in [2.05, 4.69) is 26.0 Å². The van der Waals surface area contributed by atoms with Crippen LogP contribution in [0.15, 0.2) is 41.3 Å². The summed E-state index contributed by atoms with van der Waals surface area (Å²) in [6, 6.07) is 10.5. The molecule has 1 fully saturated rings. The molecule has 2 aromatic carbocycles. The predicted molar refractivity (Wildman–Crippen MR) is 146 cm³/mol. The number of sulfonamides is 1. The zero-order chi connectivity index (χ0) is 25.9. The van der Waals surface area contributed by atoms with E-state index in [1.165, 1.54) is 33.3 Å². The van der Waals surface area contributed by atoms with Gasteiger partial charge >= 0.3 is 0 Å². The molecule has 0 radical (unpaired) electrons. The largest absolute Gasteiger partial charge is 0.376 e. The Bertz CT molecular complexity index is 1270. The molecule has 1 saturated heterocycles. The Morgan fingerprint density at radius 1 is 1.08 bits per heavy atom. The zero-order valence-electron chi connectivity index (χ0n) is 21.5. The van der Waals surface area contributed by atoms with Gasteiger partial charge < -0.3 is 4.74 Å². The second-order valence-corrected chi connectivity index (χ2v) is 12.3. The summed E-state index contributed by atoms with van der Waals surface area (Å²) in [5, 5.41) is 0.629. The van der Waals surface area contributed by atoms with Gasteiger partial charge in [-0.2, -0.15) is 4.31 Å². The van der Waals surface area contributed by atoms with E-state index in [9.17, 15) is 13.2 Å². The number of thiazole rings is 1. The van der Waals surface area contributed by atoms with Crippen LogP contribution in [0.4, 0.5) is 5.13 Å². The summed E-state index contributed by atoms with van der Waals surface area (Å²) in [6.45, 7) is 10.1. The van der Waals surface area contributed by atoms with Gasteiger partial charge in [0.25, 0.3) is 5.91 Å². The molecule has 9 heteroatoms. The van der Waals surface area contributed by atoms with E-state index in [1.807, 2.05) is 13.8 Å². The van der Waals surface area contributed by atoms with Crippen LogP contribution in [0.3, 0.4) is 0 Å². The molecule has 0 aliphatic carbocycles. The van der Waals surface area contributed by atoms with Crippen LogP contribution in [-0.4, -0.2) is 56.0 Å². The third kappa shape index (κ3) is 5.64. The number of nitrogens with zero attached hydrogens (tertiary/aromatic N) is 3. The van der Waals surface area contributed by atoms with Gasteiger partial charge in [0, 0.05) is 25.3 Å². The van der Waals surface area contributed by atoms with Gasteiger partial charge in [-0.15, -0.1) is 0 Å². The van der Waals surface area contributed by atoms with Crippen molar-refractivity contribution in [1.82, 2.24) is 9.29 Å². The number of rotatable bonds is 10. The van der Waals surface area contributed by atoms with Crippen molar-refractivity contribution in [2.24, 2.45) is 0 Å². The number of benzene rings is 2. The Kier molecular flexibility index (Phi) is 8.44. The average molecular weight is 530 g/mol. The molecule has 1 amide bonds. The molecule has 0 bridgehead atoms. The Balaban J connectivity index is 1.65. The molecule has 36 heavy (non-hydrogen) atoms. The molecule has 1 aromatic heterocycles. The van der Waals surface area contributed by atoms with E-state index in [4.69, 9.17) is 9.72 Å². The Morgan fingerprint density at radius 3 is 2.36 bits per heavy atom. The number of hydrogen-bond donors (Lipinski definition) is 0. The van der Waals surface area contributed by atoms with Crippen molar-refractivity contribution in [2.75, 3.05) is 31.1 Å². The standard InChI is InChI=1S/C27H35N3O4S2/c1-5-13-29(14-6-2)36(32,33)23-11-9-21(10-12-23)26(31)30(18-22-8-7-15-34-22)27-28-24-16-19(3)20(4)17-25(24)35-27/h9-12,16-17,22H,5-8,13-15,18H2,1-4H3. The Labute approximate surface area is 218 Å². The number of carbonyl (C=O) groups excluding carboxylic acids is 1. The zero-order valence-corrected chi connectivity index (χ0v) is 23.1. The smallest absolute Gasteiger partial charge is 0.260 e. The fourth-order valence-corrected chi connectivity index (χ4v) is 7.13. The lowest BCUT2D eigenvalue weighted by Crippen LogP contribution is -2.37. The highest BCUT2D eigenvalue weighted by atomic mass is 32.2. The molecule has 1 aliphatic heterocycles. The monoisotopic (exact) mass is 529 g/mol. The minimum atomic E-state index is -3.61. The van der Waals surface area contributed by atoms with Crippen LogP contribution in [0.25, 0.3) is 10.2 Å². The van der Waals surface area contributed by atoms with E-state index in [0.717, 1.165) is 41.5 Å². The summed E-state index contributed by atoms with van der Waals surface area (Å²) in [5.74, 6) is -0.207. The lowest BCUT2D eigenvalue weighted by Gasteiger charge is -2.23. The van der Waals surface area contributed by atoms with Gasteiger partial charge in [-0.25, -0.2) is 13.4 Å². The van der Waals surface area contributed by atoms with Gasteiger partial charge in [0.15, 0.2) is 5.13 Å². The maximum Gasteiger partial charge on any atom is 0.260 e. The summed E-state index contributed by atoms with van der Waals surface area (Å²) in [4.78, 5) is 20.4. The molecule has 1 aliphatic rings. The number of fused-ring (bicyclic) bond motifs is 1. The van der Waals surface area contributed by atoms with Crippen LogP contribution >= 0.6 is 11.3 Å². The summed E-state index contributed by atoms with van der Waals surface area (Å²) in [7, 11) is -3.61. The number of aryl methyl sites for hydroxylation is 2. The molecule has 3 aromatic rings. The molecule has 2 heterocycles. The van der Waals surface area contributed by atoms with Crippen LogP contribution in [0.1, 0.15) is 61.0 Å². The summed E-state index contributed by atoms with van der Waals surface area (Å²) in [6.07, 6.45) is 3.32. The number of ether oxygens (including phenoxy) is 1. The van der Waals surface area contributed by atoms with Gasteiger partial charge in [-0.1, -0.05) is 25.2 Å².